The number of nitrogens with one attached hydrogen (secondary N) is 2. The van der Waals surface area contributed by atoms with Crippen LogP contribution < -0.4 is 22.1 Å². The minimum atomic E-state index is -0.448. The second-order valence-electron chi connectivity index (χ2n) is 10.5. The molecule has 216 valence electrons. The van der Waals surface area contributed by atoms with Crippen LogP contribution in [0.2, 0.25) is 2.82 Å². The van der Waals surface area contributed by atoms with E-state index in [0.717, 1.165) is 59.3 Å². The van der Waals surface area contributed by atoms with Gasteiger partial charge in [0.2, 0.25) is 0 Å². The summed E-state index contributed by atoms with van der Waals surface area (Å²) in [7, 11) is 0. The van der Waals surface area contributed by atoms with E-state index in [9.17, 15) is 20.2 Å². The Morgan fingerprint density at radius 2 is 0.762 bits per heavy atom. The Balaban J connectivity index is 0.000000177. The number of hydrogen-bond acceptors (Lipinski definition) is 8. The number of anilines is 2. The van der Waals surface area contributed by atoms with Crippen LogP contribution in [0.25, 0.3) is 0 Å². The van der Waals surface area contributed by atoms with Gasteiger partial charge in [0.1, 0.15) is 2.82 Å². The molecule has 10 nitrogen and oxygen atoms in total. The molecule has 10 heteroatoms. The van der Waals surface area contributed by atoms with Crippen LogP contribution in [0.5, 0.6) is 0 Å². The molecule has 2 heterocycles. The smallest absolute Gasteiger partial charge is 0.269 e. The monoisotopic (exact) mass is 568 g/mol. The van der Waals surface area contributed by atoms with Gasteiger partial charge in [0, 0.05) is 59.8 Å². The average molecular weight is 569 g/mol. The minimum Gasteiger partial charge on any atom is -0.399 e. The number of rotatable bonds is 6. The van der Waals surface area contributed by atoms with Crippen LogP contribution in [-0.4, -0.2) is 9.85 Å². The highest BCUT2D eigenvalue weighted by atomic mass is 16.6. The lowest BCUT2D eigenvalue weighted by atomic mass is 10.0. The molecule has 4 unspecified atom stereocenters. The van der Waals surface area contributed by atoms with E-state index in [-0.39, 0.29) is 35.5 Å². The summed E-state index contributed by atoms with van der Waals surface area (Å²) in [5.41, 5.74) is 17.1. The van der Waals surface area contributed by atoms with Crippen molar-refractivity contribution in [3.05, 3.63) is 140 Å². The summed E-state index contributed by atoms with van der Waals surface area (Å²) >= 11 is 0. The first-order valence-electron chi connectivity index (χ1n) is 14.8. The predicted octanol–water partition coefficient (Wildman–Crippen LogP) is 6.69. The Morgan fingerprint density at radius 3 is 1.00 bits per heavy atom. The number of hydrogen-bond donors (Lipinski definition) is 4. The maximum Gasteiger partial charge on any atom is 0.269 e. The molecular weight excluding hydrogens is 532 g/mol. The summed E-state index contributed by atoms with van der Waals surface area (Å²) in [6.07, 6.45) is 3.48. The predicted molar refractivity (Wildman–Crippen MR) is 164 cm³/mol. The Kier molecular flexibility index (Phi) is 7.96. The van der Waals surface area contributed by atoms with Crippen LogP contribution in [0.3, 0.4) is 0 Å². The Morgan fingerprint density at radius 1 is 0.524 bits per heavy atom. The van der Waals surface area contributed by atoms with Gasteiger partial charge in [-0.05, 0) is 72.2 Å². The molecule has 2 aliphatic rings. The summed E-state index contributed by atoms with van der Waals surface area (Å²) in [4.78, 5) is 20.5. The molecule has 0 amide bonds. The van der Waals surface area contributed by atoms with Crippen LogP contribution >= 0.6 is 0 Å². The Labute approximate surface area is 247 Å². The fourth-order valence-electron chi connectivity index (χ4n) is 5.45. The van der Waals surface area contributed by atoms with Crippen molar-refractivity contribution in [1.29, 1.82) is 0 Å². The number of non-ortho nitro benzene ring substituents is 2. The quantitative estimate of drug-likeness (QED) is 0.114. The SMILES string of the molecule is [2H]N1C(c2ccc(N)cc2)CCC1c1ccc(N)cc1.[2H]N1C(c2ccc([N+](=O)[O-])cc2)CCC1c1ccc([N+](=O)[O-])cc1. The van der Waals surface area contributed by atoms with Crippen LogP contribution in [0, 0.1) is 20.2 Å². The van der Waals surface area contributed by atoms with E-state index in [2.05, 4.69) is 0 Å². The molecule has 0 radical (unpaired) electrons. The van der Waals surface area contributed by atoms with Gasteiger partial charge in [0.15, 0.2) is 0 Å². The number of benzene rings is 4. The lowest BCUT2D eigenvalue weighted by Crippen LogP contribution is -2.17. The normalized spacial score (nSPS) is 23.0. The van der Waals surface area contributed by atoms with Gasteiger partial charge in [-0.25, -0.2) is 0 Å². The van der Waals surface area contributed by atoms with Gasteiger partial charge >= 0.3 is 0 Å². The maximum absolute atomic E-state index is 10.7. The van der Waals surface area contributed by atoms with Crippen molar-refractivity contribution in [3.63, 3.8) is 0 Å². The lowest BCUT2D eigenvalue weighted by molar-refractivity contribution is -0.385. The third-order valence-electron chi connectivity index (χ3n) is 7.77. The van der Waals surface area contributed by atoms with E-state index in [4.69, 9.17) is 14.3 Å². The fourth-order valence-corrected chi connectivity index (χ4v) is 5.45. The van der Waals surface area contributed by atoms with Gasteiger partial charge in [-0.1, -0.05) is 48.5 Å². The molecule has 0 spiro atoms. The highest BCUT2D eigenvalue weighted by Crippen LogP contribution is 2.36. The van der Waals surface area contributed by atoms with Gasteiger partial charge in [-0.3, -0.25) is 20.2 Å². The zero-order valence-corrected chi connectivity index (χ0v) is 23.0. The molecule has 2 aliphatic heterocycles. The van der Waals surface area contributed by atoms with E-state index < -0.39 is 9.85 Å². The van der Waals surface area contributed by atoms with Crippen LogP contribution in [-0.2, 0) is 0 Å². The lowest BCUT2D eigenvalue weighted by Gasteiger charge is -2.15. The highest BCUT2D eigenvalue weighted by molar-refractivity contribution is 5.42. The second kappa shape index (κ2) is 12.8. The van der Waals surface area contributed by atoms with Crippen molar-refractivity contribution in [2.75, 3.05) is 11.5 Å². The van der Waals surface area contributed by atoms with Crippen LogP contribution in [0.15, 0.2) is 97.1 Å². The van der Waals surface area contributed by atoms with Gasteiger partial charge in [-0.2, -0.15) is 0 Å². The first-order chi connectivity index (χ1) is 21.1. The van der Waals surface area contributed by atoms with Crippen molar-refractivity contribution in [2.45, 2.75) is 49.9 Å². The average Bonchev–Trinajstić information content (AvgIpc) is 3.60. The number of nitrogens with zero attached hydrogens (tertiary/aromatic N) is 2. The summed E-state index contributed by atoms with van der Waals surface area (Å²) in [5.74, 6) is 0. The number of nitro benzene ring substituents is 2. The van der Waals surface area contributed by atoms with Gasteiger partial charge in [0.05, 0.1) is 9.85 Å². The molecule has 2 fully saturated rings. The molecule has 0 aromatic heterocycles. The molecule has 6 rings (SSSR count). The third-order valence-corrected chi connectivity index (χ3v) is 7.77. The highest BCUT2D eigenvalue weighted by Gasteiger charge is 2.27. The largest absolute Gasteiger partial charge is 0.399 e. The maximum atomic E-state index is 10.7. The van der Waals surface area contributed by atoms with Crippen molar-refractivity contribution < 1.29 is 12.7 Å². The molecule has 4 aromatic carbocycles. The molecular formula is C32H34N6O4. The van der Waals surface area contributed by atoms with E-state index in [1.165, 1.54) is 29.6 Å². The van der Waals surface area contributed by atoms with Gasteiger partial charge < -0.3 is 22.1 Å². The molecule has 4 atom stereocenters. The Hall–Kier alpha value is -4.80. The van der Waals surface area contributed by atoms with Crippen LogP contribution in [0.4, 0.5) is 22.7 Å². The van der Waals surface area contributed by atoms with E-state index in [0.29, 0.717) is 0 Å². The molecule has 0 aliphatic carbocycles. The van der Waals surface area contributed by atoms with Gasteiger partial charge in [-0.15, -0.1) is 0 Å². The van der Waals surface area contributed by atoms with E-state index >= 15 is 0 Å². The standard InChI is InChI=1S/C16H15N3O4.C16H19N3/c20-18(21)13-5-1-11(2-6-13)15-9-10-16(17-15)12-3-7-14(8-4-12)19(22)23;17-13-5-1-11(2-6-13)15-9-10-16(19-15)12-3-7-14(18)8-4-12/h1-8,15-17H,9-10H2;1-8,15-16,19H,9-10,17-18H2/i/hD2. The molecule has 4 aromatic rings. The molecule has 6 N–H and O–H groups in total. The minimum absolute atomic E-state index is 0.0280. The van der Waals surface area contributed by atoms with Crippen molar-refractivity contribution in [1.82, 2.24) is 10.6 Å². The van der Waals surface area contributed by atoms with E-state index in [1.54, 1.807) is 29.6 Å². The topological polar surface area (TPSA) is 162 Å². The zero-order chi connectivity index (χ0) is 31.4. The Bertz CT molecular complexity index is 1470. The molecule has 0 saturated carbocycles. The van der Waals surface area contributed by atoms with Gasteiger partial charge in [0.25, 0.3) is 11.4 Å². The zero-order valence-electron chi connectivity index (χ0n) is 25.0. The molecule has 2 saturated heterocycles. The van der Waals surface area contributed by atoms with Crippen molar-refractivity contribution >= 4 is 22.7 Å². The summed E-state index contributed by atoms with van der Waals surface area (Å²) in [5, 5.41) is 24.6. The van der Waals surface area contributed by atoms with Crippen molar-refractivity contribution in [3.8, 4) is 0 Å². The van der Waals surface area contributed by atoms with Crippen LogP contribution in [0.1, 0.15) is 72.1 Å². The number of nitrogens with two attached hydrogens (primary N) is 2. The summed E-state index contributed by atoms with van der Waals surface area (Å²) in [6.45, 7) is 0. The second-order valence-corrected chi connectivity index (χ2v) is 10.5. The first-order valence-corrected chi connectivity index (χ1v) is 13.9. The number of nitrogen functional groups attached to an aromatic ring is 2. The third kappa shape index (κ3) is 6.91. The fraction of sp³-hybridized carbons (Fsp3) is 0.250. The first kappa shape index (κ1) is 26.1. The molecule has 42 heavy (non-hydrogen) atoms. The van der Waals surface area contributed by atoms with E-state index in [1.807, 2.05) is 48.5 Å². The summed E-state index contributed by atoms with van der Waals surface area (Å²) < 4.78 is 16.8. The molecule has 0 bridgehead atoms. The van der Waals surface area contributed by atoms with Crippen molar-refractivity contribution in [2.24, 2.45) is 0 Å². The summed E-state index contributed by atoms with van der Waals surface area (Å²) in [6, 6.07) is 28.2. The number of nitro groups is 2.